The first-order valence-corrected chi connectivity index (χ1v) is 5.04. The van der Waals surface area contributed by atoms with Gasteiger partial charge in [0.2, 0.25) is 0 Å². The lowest BCUT2D eigenvalue weighted by atomic mass is 10.3. The van der Waals surface area contributed by atoms with Gasteiger partial charge in [0, 0.05) is 17.3 Å². The summed E-state index contributed by atoms with van der Waals surface area (Å²) in [6, 6.07) is 7.00. The van der Waals surface area contributed by atoms with E-state index in [0.29, 0.717) is 5.69 Å². The second-order valence-corrected chi connectivity index (χ2v) is 3.64. The number of pyridine rings is 1. The Labute approximate surface area is 83.3 Å². The van der Waals surface area contributed by atoms with Gasteiger partial charge in [-0.1, -0.05) is 6.07 Å². The molecule has 0 fully saturated rings. The maximum Gasteiger partial charge on any atom is 0.0864 e. The molecule has 5 heteroatoms. The van der Waals surface area contributed by atoms with Crippen molar-refractivity contribution in [1.29, 1.82) is 0 Å². The van der Waals surface area contributed by atoms with Crippen molar-refractivity contribution in [2.24, 2.45) is 0 Å². The van der Waals surface area contributed by atoms with Crippen LogP contribution in [0.2, 0.25) is 0 Å². The van der Waals surface area contributed by atoms with Crippen LogP contribution in [0.1, 0.15) is 0 Å². The lowest BCUT2D eigenvalue weighted by Crippen LogP contribution is -1.83. The van der Waals surface area contributed by atoms with Crippen molar-refractivity contribution in [3.8, 4) is 11.4 Å². The van der Waals surface area contributed by atoms with Crippen molar-refractivity contribution < 1.29 is 8.76 Å². The molecule has 0 saturated carbocycles. The molecule has 0 aliphatic rings. The lowest BCUT2D eigenvalue weighted by molar-refractivity contribution is 0.537. The fourth-order valence-electron chi connectivity index (χ4n) is 1.14. The van der Waals surface area contributed by atoms with E-state index in [-0.39, 0.29) is 4.90 Å². The minimum atomic E-state index is -2.19. The Morgan fingerprint density at radius 2 is 2.29 bits per heavy atom. The van der Waals surface area contributed by atoms with Crippen molar-refractivity contribution in [1.82, 2.24) is 9.97 Å². The molecule has 0 bridgehead atoms. The van der Waals surface area contributed by atoms with Crippen molar-refractivity contribution in [3.05, 3.63) is 36.7 Å². The smallest absolute Gasteiger partial charge is 0.0864 e. The number of aromatic amines is 1. The van der Waals surface area contributed by atoms with Gasteiger partial charge >= 0.3 is 0 Å². The van der Waals surface area contributed by atoms with Gasteiger partial charge in [0.25, 0.3) is 0 Å². The Morgan fingerprint density at radius 1 is 1.43 bits per heavy atom. The molecule has 1 N–H and O–H groups in total. The second kappa shape index (κ2) is 3.73. The van der Waals surface area contributed by atoms with Gasteiger partial charge in [-0.3, -0.25) is 9.19 Å². The average Bonchev–Trinajstić information content (AvgIpc) is 2.68. The molecule has 0 aromatic carbocycles. The van der Waals surface area contributed by atoms with E-state index in [0.717, 1.165) is 5.69 Å². The lowest BCUT2D eigenvalue weighted by Gasteiger charge is -1.98. The van der Waals surface area contributed by atoms with Crippen LogP contribution in [0, 0.1) is 0 Å². The molecule has 4 nitrogen and oxygen atoms in total. The second-order valence-electron chi connectivity index (χ2n) is 2.70. The van der Waals surface area contributed by atoms with Crippen molar-refractivity contribution >= 4 is 11.1 Å². The highest BCUT2D eigenvalue weighted by Crippen LogP contribution is 2.17. The van der Waals surface area contributed by atoms with Gasteiger partial charge in [-0.15, -0.1) is 0 Å². The molecule has 0 aliphatic heterocycles. The standard InChI is InChI=1S/C9H8N2O2S/c12-14(13)7-5-9(11-6-7)8-3-1-2-4-10-8/h1-6,11H,(H,12,13)/p-1. The maximum atomic E-state index is 10.6. The third-order valence-electron chi connectivity index (χ3n) is 1.79. The molecule has 0 saturated heterocycles. The summed E-state index contributed by atoms with van der Waals surface area (Å²) < 4.78 is 21.2. The van der Waals surface area contributed by atoms with Gasteiger partial charge in [0.05, 0.1) is 11.4 Å². The normalized spacial score (nSPS) is 12.6. The Hall–Kier alpha value is -1.46. The highest BCUT2D eigenvalue weighted by molar-refractivity contribution is 7.79. The number of nitrogens with one attached hydrogen (secondary N) is 1. The molecule has 1 unspecified atom stereocenters. The average molecular weight is 207 g/mol. The first kappa shape index (κ1) is 9.11. The topological polar surface area (TPSA) is 68.8 Å². The Morgan fingerprint density at radius 3 is 2.86 bits per heavy atom. The summed E-state index contributed by atoms with van der Waals surface area (Å²) in [4.78, 5) is 7.18. The molecule has 1 atom stereocenters. The van der Waals surface area contributed by atoms with Crippen LogP contribution in [-0.4, -0.2) is 18.7 Å². The van der Waals surface area contributed by atoms with Gasteiger partial charge in [-0.25, -0.2) is 0 Å². The van der Waals surface area contributed by atoms with Gasteiger partial charge in [0.15, 0.2) is 0 Å². The highest BCUT2D eigenvalue weighted by Gasteiger charge is 2.01. The summed E-state index contributed by atoms with van der Waals surface area (Å²) in [5.74, 6) is 0. The summed E-state index contributed by atoms with van der Waals surface area (Å²) in [6.07, 6.45) is 3.09. The van der Waals surface area contributed by atoms with Crippen LogP contribution >= 0.6 is 0 Å². The van der Waals surface area contributed by atoms with E-state index in [1.54, 1.807) is 18.3 Å². The predicted octanol–water partition coefficient (Wildman–Crippen LogP) is 1.31. The minimum Gasteiger partial charge on any atom is -0.768 e. The third kappa shape index (κ3) is 1.73. The molecule has 2 aromatic heterocycles. The van der Waals surface area contributed by atoms with E-state index >= 15 is 0 Å². The zero-order valence-corrected chi connectivity index (χ0v) is 7.95. The molecule has 0 aliphatic carbocycles. The summed E-state index contributed by atoms with van der Waals surface area (Å²) in [6.45, 7) is 0. The fraction of sp³-hybridized carbons (Fsp3) is 0. The number of hydrogen-bond donors (Lipinski definition) is 1. The molecule has 14 heavy (non-hydrogen) atoms. The number of hydrogen-bond acceptors (Lipinski definition) is 3. The summed E-state index contributed by atoms with van der Waals surface area (Å²) >= 11 is -2.19. The maximum absolute atomic E-state index is 10.6. The monoisotopic (exact) mass is 207 g/mol. The van der Waals surface area contributed by atoms with Crippen LogP contribution in [0.15, 0.2) is 41.6 Å². The van der Waals surface area contributed by atoms with Gasteiger partial charge in [-0.05, 0) is 29.3 Å². The molecular formula is C9H7N2O2S-. The largest absolute Gasteiger partial charge is 0.768 e. The van der Waals surface area contributed by atoms with Crippen molar-refractivity contribution in [2.75, 3.05) is 0 Å². The Kier molecular flexibility index (Phi) is 2.43. The Balaban J connectivity index is 2.39. The molecular weight excluding hydrogens is 200 g/mol. The van der Waals surface area contributed by atoms with E-state index in [2.05, 4.69) is 9.97 Å². The molecule has 0 amide bonds. The molecule has 0 radical (unpaired) electrons. The van der Waals surface area contributed by atoms with E-state index in [4.69, 9.17) is 0 Å². The van der Waals surface area contributed by atoms with E-state index in [1.165, 1.54) is 6.20 Å². The highest BCUT2D eigenvalue weighted by atomic mass is 32.2. The van der Waals surface area contributed by atoms with Crippen LogP contribution in [0.5, 0.6) is 0 Å². The van der Waals surface area contributed by atoms with Crippen LogP contribution in [0.25, 0.3) is 11.4 Å². The molecule has 2 aromatic rings. The Bertz CT molecular complexity index is 453. The third-order valence-corrected chi connectivity index (χ3v) is 2.41. The van der Waals surface area contributed by atoms with Crippen molar-refractivity contribution in [3.63, 3.8) is 0 Å². The van der Waals surface area contributed by atoms with E-state index < -0.39 is 11.1 Å². The predicted molar refractivity (Wildman–Crippen MR) is 51.2 cm³/mol. The van der Waals surface area contributed by atoms with Crippen LogP contribution in [0.3, 0.4) is 0 Å². The van der Waals surface area contributed by atoms with Gasteiger partial charge in [0.1, 0.15) is 0 Å². The number of H-pyrrole nitrogens is 1. The van der Waals surface area contributed by atoms with Gasteiger partial charge < -0.3 is 9.54 Å². The fourth-order valence-corrected chi connectivity index (χ4v) is 1.51. The zero-order valence-electron chi connectivity index (χ0n) is 7.14. The SMILES string of the molecule is O=S([O-])c1c[nH]c(-c2ccccn2)c1. The number of nitrogens with zero attached hydrogens (tertiary/aromatic N) is 1. The van der Waals surface area contributed by atoms with Crippen LogP contribution in [-0.2, 0) is 11.1 Å². The summed E-state index contributed by atoms with van der Waals surface area (Å²) in [5, 5.41) is 0. The van der Waals surface area contributed by atoms with Gasteiger partial charge in [-0.2, -0.15) is 0 Å². The molecule has 72 valence electrons. The van der Waals surface area contributed by atoms with Crippen LogP contribution in [0.4, 0.5) is 0 Å². The first-order valence-electron chi connectivity index (χ1n) is 3.96. The number of rotatable bonds is 2. The minimum absolute atomic E-state index is 0.241. The quantitative estimate of drug-likeness (QED) is 0.755. The molecule has 2 rings (SSSR count). The molecule has 2 heterocycles. The summed E-state index contributed by atoms with van der Waals surface area (Å²) in [7, 11) is 0. The van der Waals surface area contributed by atoms with Crippen molar-refractivity contribution in [2.45, 2.75) is 4.90 Å². The number of aromatic nitrogens is 2. The van der Waals surface area contributed by atoms with Crippen LogP contribution < -0.4 is 0 Å². The summed E-state index contributed by atoms with van der Waals surface area (Å²) in [5.41, 5.74) is 1.43. The molecule has 0 spiro atoms. The van der Waals surface area contributed by atoms with E-state index in [1.807, 2.05) is 12.1 Å². The zero-order chi connectivity index (χ0) is 9.97. The van der Waals surface area contributed by atoms with E-state index in [9.17, 15) is 8.76 Å². The first-order chi connectivity index (χ1) is 6.77.